The molecule has 80 valence electrons. The third-order valence-corrected chi connectivity index (χ3v) is 2.62. The molecular formula is C11H9N3OS. The Hall–Kier alpha value is -1.93. The molecule has 5 heteroatoms. The van der Waals surface area contributed by atoms with Crippen molar-refractivity contribution in [2.75, 3.05) is 6.54 Å². The molecular weight excluding hydrogens is 222 g/mol. The van der Waals surface area contributed by atoms with E-state index in [4.69, 9.17) is 17.5 Å². The van der Waals surface area contributed by atoms with Crippen LogP contribution < -0.4 is 5.32 Å². The molecule has 0 spiro atoms. The predicted molar refractivity (Wildman–Crippen MR) is 62.6 cm³/mol. The fourth-order valence-electron chi connectivity index (χ4n) is 1.30. The normalized spacial score (nSPS) is 17.4. The maximum absolute atomic E-state index is 11.7. The average molecular weight is 231 g/mol. The minimum atomic E-state index is -0.241. The molecule has 1 aromatic rings. The topological polar surface area (TPSA) is 55.9 Å². The zero-order valence-corrected chi connectivity index (χ0v) is 9.20. The molecule has 1 atom stereocenters. The molecule has 1 aliphatic heterocycles. The fourth-order valence-corrected chi connectivity index (χ4v) is 1.60. The van der Waals surface area contributed by atoms with Crippen molar-refractivity contribution in [3.63, 3.8) is 0 Å². The van der Waals surface area contributed by atoms with E-state index < -0.39 is 0 Å². The van der Waals surface area contributed by atoms with Crippen molar-refractivity contribution in [2.24, 2.45) is 0 Å². The van der Waals surface area contributed by atoms with Gasteiger partial charge in [0.1, 0.15) is 6.04 Å². The van der Waals surface area contributed by atoms with Crippen molar-refractivity contribution in [1.29, 1.82) is 5.26 Å². The van der Waals surface area contributed by atoms with E-state index in [9.17, 15) is 4.79 Å². The number of nitrogens with zero attached hydrogens (tertiary/aromatic N) is 2. The Morgan fingerprint density at radius 1 is 1.50 bits per heavy atom. The van der Waals surface area contributed by atoms with E-state index >= 15 is 0 Å². The summed E-state index contributed by atoms with van der Waals surface area (Å²) < 4.78 is 0. The first-order valence-corrected chi connectivity index (χ1v) is 5.20. The van der Waals surface area contributed by atoms with E-state index in [1.807, 2.05) is 6.07 Å². The van der Waals surface area contributed by atoms with Gasteiger partial charge in [0, 0.05) is 5.56 Å². The summed E-state index contributed by atoms with van der Waals surface area (Å²) in [5.74, 6) is -0.241. The minimum Gasteiger partial charge on any atom is -0.328 e. The number of hydrogen-bond acceptors (Lipinski definition) is 3. The Balaban J connectivity index is 1.94. The monoisotopic (exact) mass is 231 g/mol. The third-order valence-electron chi connectivity index (χ3n) is 2.28. The Kier molecular flexibility index (Phi) is 2.84. The van der Waals surface area contributed by atoms with Gasteiger partial charge in [-0.2, -0.15) is 5.26 Å². The molecule has 16 heavy (non-hydrogen) atoms. The zero-order valence-electron chi connectivity index (χ0n) is 8.38. The molecule has 1 saturated heterocycles. The highest BCUT2D eigenvalue weighted by Crippen LogP contribution is 2.15. The summed E-state index contributed by atoms with van der Waals surface area (Å²) in [6.45, 7) is 0.602. The molecule has 1 heterocycles. The molecule has 0 bridgehead atoms. The number of carbonyl (C=O) groups is 1. The molecule has 1 aromatic carbocycles. The molecule has 1 fully saturated rings. The maximum atomic E-state index is 11.7. The molecule has 1 unspecified atom stereocenters. The largest absolute Gasteiger partial charge is 0.328 e. The fraction of sp³-hybridized carbons (Fsp3) is 0.182. The van der Waals surface area contributed by atoms with Gasteiger partial charge in [0.05, 0.1) is 12.6 Å². The van der Waals surface area contributed by atoms with Gasteiger partial charge < -0.3 is 4.90 Å². The van der Waals surface area contributed by atoms with Crippen LogP contribution in [0.1, 0.15) is 10.4 Å². The van der Waals surface area contributed by atoms with Gasteiger partial charge in [0.25, 0.3) is 5.91 Å². The second-order valence-electron chi connectivity index (χ2n) is 3.42. The number of nitriles is 1. The molecule has 0 aromatic heterocycles. The van der Waals surface area contributed by atoms with Gasteiger partial charge in [-0.05, 0) is 24.4 Å². The van der Waals surface area contributed by atoms with Crippen LogP contribution >= 0.6 is 12.2 Å². The van der Waals surface area contributed by atoms with Gasteiger partial charge in [-0.1, -0.05) is 18.2 Å². The molecule has 0 saturated carbocycles. The standard InChI is InChI=1S/C11H9N3OS/c12-6-9-7-14(9)11(16)13-10(15)8-4-2-1-3-5-8/h1-5,9H,7H2,(H,13,15,16). The molecule has 1 N–H and O–H groups in total. The van der Waals surface area contributed by atoms with E-state index in [-0.39, 0.29) is 11.9 Å². The van der Waals surface area contributed by atoms with Gasteiger partial charge in [-0.15, -0.1) is 0 Å². The van der Waals surface area contributed by atoms with Crippen molar-refractivity contribution in [3.05, 3.63) is 35.9 Å². The first-order valence-electron chi connectivity index (χ1n) is 4.79. The number of thiocarbonyl (C=S) groups is 1. The Morgan fingerprint density at radius 3 is 2.75 bits per heavy atom. The summed E-state index contributed by atoms with van der Waals surface area (Å²) in [5, 5.41) is 11.5. The number of carbonyl (C=O) groups excluding carboxylic acids is 1. The van der Waals surface area contributed by atoms with Crippen LogP contribution in [-0.2, 0) is 0 Å². The van der Waals surface area contributed by atoms with Gasteiger partial charge >= 0.3 is 0 Å². The quantitative estimate of drug-likeness (QED) is 0.576. The van der Waals surface area contributed by atoms with Crippen LogP contribution in [-0.4, -0.2) is 28.5 Å². The highest BCUT2D eigenvalue weighted by Gasteiger charge is 2.36. The molecule has 1 amide bonds. The summed E-state index contributed by atoms with van der Waals surface area (Å²) in [4.78, 5) is 13.3. The minimum absolute atomic E-state index is 0.177. The summed E-state index contributed by atoms with van der Waals surface area (Å²) in [7, 11) is 0. The zero-order chi connectivity index (χ0) is 11.5. The lowest BCUT2D eigenvalue weighted by Gasteiger charge is -2.07. The maximum Gasteiger partial charge on any atom is 0.257 e. The van der Waals surface area contributed by atoms with Gasteiger partial charge in [0.15, 0.2) is 5.11 Å². The molecule has 2 rings (SSSR count). The summed E-state index contributed by atoms with van der Waals surface area (Å²) >= 11 is 5.00. The second-order valence-corrected chi connectivity index (χ2v) is 3.81. The van der Waals surface area contributed by atoms with Gasteiger partial charge in [-0.3, -0.25) is 10.1 Å². The Labute approximate surface area is 98.5 Å². The predicted octanol–water partition coefficient (Wildman–Crippen LogP) is 0.909. The van der Waals surface area contributed by atoms with Gasteiger partial charge in [-0.25, -0.2) is 0 Å². The van der Waals surface area contributed by atoms with E-state index in [2.05, 4.69) is 11.4 Å². The Bertz CT molecular complexity index is 466. The number of hydrogen-bond donors (Lipinski definition) is 1. The van der Waals surface area contributed by atoms with Crippen LogP contribution in [0.25, 0.3) is 0 Å². The second kappa shape index (κ2) is 4.29. The van der Waals surface area contributed by atoms with Crippen LogP contribution in [0.3, 0.4) is 0 Å². The number of rotatable bonds is 1. The number of amides is 1. The van der Waals surface area contributed by atoms with Crippen molar-refractivity contribution in [3.8, 4) is 6.07 Å². The molecule has 4 nitrogen and oxygen atoms in total. The number of nitrogens with one attached hydrogen (secondary N) is 1. The number of benzene rings is 1. The summed E-state index contributed by atoms with van der Waals surface area (Å²) in [6, 6.07) is 10.7. The highest BCUT2D eigenvalue weighted by atomic mass is 32.1. The first-order chi connectivity index (χ1) is 7.72. The lowest BCUT2D eigenvalue weighted by atomic mass is 10.2. The van der Waals surface area contributed by atoms with Crippen molar-refractivity contribution < 1.29 is 4.79 Å². The summed E-state index contributed by atoms with van der Waals surface area (Å²) in [5.41, 5.74) is 0.556. The average Bonchev–Trinajstić information content (AvgIpc) is 3.09. The van der Waals surface area contributed by atoms with Crippen LogP contribution in [0, 0.1) is 11.3 Å². The SMILES string of the molecule is N#CC1CN1C(=S)NC(=O)c1ccccc1. The van der Waals surface area contributed by atoms with Crippen LogP contribution in [0.2, 0.25) is 0 Å². The molecule has 1 aliphatic rings. The van der Waals surface area contributed by atoms with E-state index in [1.54, 1.807) is 29.2 Å². The first kappa shape index (κ1) is 10.6. The van der Waals surface area contributed by atoms with Crippen LogP contribution in [0.5, 0.6) is 0 Å². The summed E-state index contributed by atoms with van der Waals surface area (Å²) in [6.07, 6.45) is 0. The van der Waals surface area contributed by atoms with Crippen molar-refractivity contribution in [1.82, 2.24) is 10.2 Å². The lowest BCUT2D eigenvalue weighted by Crippen LogP contribution is -2.34. The van der Waals surface area contributed by atoms with Crippen molar-refractivity contribution >= 4 is 23.2 Å². The van der Waals surface area contributed by atoms with E-state index in [0.717, 1.165) is 0 Å². The molecule has 0 radical (unpaired) electrons. The van der Waals surface area contributed by atoms with E-state index in [0.29, 0.717) is 17.2 Å². The van der Waals surface area contributed by atoms with Crippen LogP contribution in [0.15, 0.2) is 30.3 Å². The van der Waals surface area contributed by atoms with Gasteiger partial charge in [0.2, 0.25) is 0 Å². The van der Waals surface area contributed by atoms with Crippen molar-refractivity contribution in [2.45, 2.75) is 6.04 Å². The molecule has 0 aliphatic carbocycles. The smallest absolute Gasteiger partial charge is 0.257 e. The van der Waals surface area contributed by atoms with E-state index in [1.165, 1.54) is 0 Å². The highest BCUT2D eigenvalue weighted by molar-refractivity contribution is 7.80. The third kappa shape index (κ3) is 2.18. The lowest BCUT2D eigenvalue weighted by molar-refractivity contribution is 0.0975. The van der Waals surface area contributed by atoms with Crippen LogP contribution in [0.4, 0.5) is 0 Å². The Morgan fingerprint density at radius 2 is 2.19 bits per heavy atom.